The number of nitro benzene ring substituents is 1. The quantitative estimate of drug-likeness (QED) is 0.692. The lowest BCUT2D eigenvalue weighted by Gasteiger charge is -2.08. The van der Waals surface area contributed by atoms with E-state index in [-0.39, 0.29) is 10.7 Å². The molecule has 0 aromatic heterocycles. The summed E-state index contributed by atoms with van der Waals surface area (Å²) in [5.74, 6) is 1.84. The van der Waals surface area contributed by atoms with Crippen LogP contribution in [-0.4, -0.2) is 23.8 Å². The number of rotatable bonds is 4. The van der Waals surface area contributed by atoms with Crippen LogP contribution in [-0.2, 0) is 0 Å². The molecule has 0 saturated carbocycles. The van der Waals surface area contributed by atoms with Crippen molar-refractivity contribution in [2.75, 3.05) is 13.1 Å². The van der Waals surface area contributed by atoms with Crippen molar-refractivity contribution in [1.29, 1.82) is 0 Å². The van der Waals surface area contributed by atoms with Crippen molar-refractivity contribution < 1.29 is 9.66 Å². The predicted octanol–water partition coefficient (Wildman–Crippen LogP) is 3.39. The van der Waals surface area contributed by atoms with E-state index in [9.17, 15) is 10.1 Å². The second-order valence-corrected chi connectivity index (χ2v) is 5.06. The molecule has 1 aliphatic rings. The summed E-state index contributed by atoms with van der Waals surface area (Å²) in [7, 11) is 0. The number of hydrogen-bond donors (Lipinski definition) is 1. The fourth-order valence-electron chi connectivity index (χ4n) is 2.09. The molecule has 0 spiro atoms. The summed E-state index contributed by atoms with van der Waals surface area (Å²) in [6, 6.07) is 11.5. The van der Waals surface area contributed by atoms with E-state index in [1.807, 2.05) is 12.1 Å². The first-order valence-electron chi connectivity index (χ1n) is 6.64. The van der Waals surface area contributed by atoms with Crippen molar-refractivity contribution in [3.05, 3.63) is 63.2 Å². The summed E-state index contributed by atoms with van der Waals surface area (Å²) in [6.07, 6.45) is 0. The summed E-state index contributed by atoms with van der Waals surface area (Å²) in [6.45, 7) is 1.64. The van der Waals surface area contributed by atoms with Gasteiger partial charge in [0.2, 0.25) is 0 Å². The number of non-ortho nitro benzene ring substituents is 1. The van der Waals surface area contributed by atoms with Crippen LogP contribution in [0.15, 0.2) is 47.5 Å². The van der Waals surface area contributed by atoms with Gasteiger partial charge in [0, 0.05) is 24.2 Å². The molecule has 0 radical (unpaired) electrons. The van der Waals surface area contributed by atoms with E-state index in [1.165, 1.54) is 18.2 Å². The minimum atomic E-state index is -0.500. The van der Waals surface area contributed by atoms with Crippen molar-refractivity contribution >= 4 is 23.1 Å². The standard InChI is InChI=1S/C15H12ClN3O3/c16-13-9-11(19(20)21)3-6-14(13)22-12-4-1-10(2-5-12)15-17-7-8-18-15/h1-6,9H,7-8H2,(H,17,18). The highest BCUT2D eigenvalue weighted by molar-refractivity contribution is 6.32. The van der Waals surface area contributed by atoms with E-state index in [4.69, 9.17) is 16.3 Å². The summed E-state index contributed by atoms with van der Waals surface area (Å²) in [4.78, 5) is 14.5. The summed E-state index contributed by atoms with van der Waals surface area (Å²) >= 11 is 6.00. The number of amidine groups is 1. The van der Waals surface area contributed by atoms with Crippen LogP contribution in [0.5, 0.6) is 11.5 Å². The molecule has 3 rings (SSSR count). The average molecular weight is 318 g/mol. The highest BCUT2D eigenvalue weighted by atomic mass is 35.5. The van der Waals surface area contributed by atoms with E-state index in [0.29, 0.717) is 11.5 Å². The van der Waals surface area contributed by atoms with Crippen molar-refractivity contribution in [1.82, 2.24) is 5.32 Å². The predicted molar refractivity (Wildman–Crippen MR) is 84.0 cm³/mol. The van der Waals surface area contributed by atoms with E-state index in [0.717, 1.165) is 24.5 Å². The molecule has 1 heterocycles. The molecule has 0 atom stereocenters. The van der Waals surface area contributed by atoms with Crippen molar-refractivity contribution in [2.45, 2.75) is 0 Å². The van der Waals surface area contributed by atoms with E-state index in [1.54, 1.807) is 12.1 Å². The monoisotopic (exact) mass is 317 g/mol. The first-order chi connectivity index (χ1) is 10.6. The third-order valence-corrected chi connectivity index (χ3v) is 3.45. The molecule has 0 amide bonds. The van der Waals surface area contributed by atoms with Gasteiger partial charge in [-0.15, -0.1) is 0 Å². The number of nitrogens with one attached hydrogen (secondary N) is 1. The van der Waals surface area contributed by atoms with E-state index in [2.05, 4.69) is 10.3 Å². The maximum absolute atomic E-state index is 10.7. The van der Waals surface area contributed by atoms with E-state index >= 15 is 0 Å². The summed E-state index contributed by atoms with van der Waals surface area (Å²) in [5, 5.41) is 14.1. The van der Waals surface area contributed by atoms with Gasteiger partial charge in [0.1, 0.15) is 17.3 Å². The Morgan fingerprint density at radius 3 is 2.59 bits per heavy atom. The Labute approximate surface area is 131 Å². The normalized spacial score (nSPS) is 13.4. The van der Waals surface area contributed by atoms with Crippen LogP contribution in [0.4, 0.5) is 5.69 Å². The smallest absolute Gasteiger partial charge is 0.271 e. The number of aliphatic imine (C=N–C) groups is 1. The highest BCUT2D eigenvalue weighted by Crippen LogP contribution is 2.32. The highest BCUT2D eigenvalue weighted by Gasteiger charge is 2.12. The van der Waals surface area contributed by atoms with Crippen molar-refractivity contribution in [2.24, 2.45) is 4.99 Å². The van der Waals surface area contributed by atoms with Gasteiger partial charge in [0.25, 0.3) is 5.69 Å². The third-order valence-electron chi connectivity index (χ3n) is 3.16. The molecule has 0 bridgehead atoms. The van der Waals surface area contributed by atoms with Gasteiger partial charge < -0.3 is 10.1 Å². The molecule has 22 heavy (non-hydrogen) atoms. The Balaban J connectivity index is 1.77. The largest absolute Gasteiger partial charge is 0.456 e. The number of halogens is 1. The minimum Gasteiger partial charge on any atom is -0.456 e. The molecule has 0 saturated heterocycles. The lowest BCUT2D eigenvalue weighted by Crippen LogP contribution is -2.19. The fraction of sp³-hybridized carbons (Fsp3) is 0.133. The molecule has 0 fully saturated rings. The molecule has 112 valence electrons. The first-order valence-corrected chi connectivity index (χ1v) is 7.02. The number of hydrogen-bond acceptors (Lipinski definition) is 5. The van der Waals surface area contributed by atoms with E-state index < -0.39 is 4.92 Å². The lowest BCUT2D eigenvalue weighted by molar-refractivity contribution is -0.384. The molecule has 1 N–H and O–H groups in total. The molecule has 0 unspecified atom stereocenters. The Hall–Kier alpha value is -2.60. The van der Waals surface area contributed by atoms with Crippen LogP contribution in [0.25, 0.3) is 0 Å². The molecule has 1 aliphatic heterocycles. The van der Waals surface area contributed by atoms with Crippen LogP contribution < -0.4 is 10.1 Å². The van der Waals surface area contributed by atoms with Crippen LogP contribution >= 0.6 is 11.6 Å². The van der Waals surface area contributed by atoms with Gasteiger partial charge in [-0.2, -0.15) is 0 Å². The van der Waals surface area contributed by atoms with Crippen molar-refractivity contribution in [3.8, 4) is 11.5 Å². The number of benzene rings is 2. The second-order valence-electron chi connectivity index (χ2n) is 4.66. The van der Waals surface area contributed by atoms with Crippen LogP contribution in [0, 0.1) is 10.1 Å². The fourth-order valence-corrected chi connectivity index (χ4v) is 2.30. The van der Waals surface area contributed by atoms with Crippen LogP contribution in [0.2, 0.25) is 5.02 Å². The maximum atomic E-state index is 10.7. The Morgan fingerprint density at radius 1 is 1.23 bits per heavy atom. The maximum Gasteiger partial charge on any atom is 0.271 e. The number of nitro groups is 1. The Morgan fingerprint density at radius 2 is 2.00 bits per heavy atom. The zero-order chi connectivity index (χ0) is 15.5. The SMILES string of the molecule is O=[N+]([O-])c1ccc(Oc2ccc(C3=NCCN3)cc2)c(Cl)c1. The van der Waals surface area contributed by atoms with Crippen molar-refractivity contribution in [3.63, 3.8) is 0 Å². The molecule has 2 aromatic rings. The van der Waals surface area contributed by atoms with Gasteiger partial charge in [0.05, 0.1) is 16.5 Å². The Bertz CT molecular complexity index is 744. The lowest BCUT2D eigenvalue weighted by atomic mass is 10.2. The van der Waals surface area contributed by atoms with Gasteiger partial charge in [0.15, 0.2) is 0 Å². The molecule has 2 aromatic carbocycles. The summed E-state index contributed by atoms with van der Waals surface area (Å²) < 4.78 is 5.65. The summed E-state index contributed by atoms with van der Waals surface area (Å²) in [5.41, 5.74) is 0.915. The minimum absolute atomic E-state index is 0.0713. The van der Waals surface area contributed by atoms with Gasteiger partial charge in [-0.05, 0) is 30.3 Å². The Kier molecular flexibility index (Phi) is 3.93. The molecule has 0 aliphatic carbocycles. The van der Waals surface area contributed by atoms with Crippen LogP contribution in [0.1, 0.15) is 5.56 Å². The van der Waals surface area contributed by atoms with Gasteiger partial charge in [-0.1, -0.05) is 11.6 Å². The van der Waals surface area contributed by atoms with Gasteiger partial charge >= 0.3 is 0 Å². The molecular weight excluding hydrogens is 306 g/mol. The molecular formula is C15H12ClN3O3. The zero-order valence-electron chi connectivity index (χ0n) is 11.5. The molecule has 6 nitrogen and oxygen atoms in total. The third kappa shape index (κ3) is 3.01. The van der Waals surface area contributed by atoms with Gasteiger partial charge in [-0.3, -0.25) is 15.1 Å². The van der Waals surface area contributed by atoms with Gasteiger partial charge in [-0.25, -0.2) is 0 Å². The number of ether oxygens (including phenoxy) is 1. The van der Waals surface area contributed by atoms with Crippen LogP contribution in [0.3, 0.4) is 0 Å². The number of nitrogens with zero attached hydrogens (tertiary/aromatic N) is 2. The zero-order valence-corrected chi connectivity index (χ0v) is 12.2. The second kappa shape index (κ2) is 6.03. The first kappa shape index (κ1) is 14.3. The molecule has 7 heteroatoms. The average Bonchev–Trinajstić information content (AvgIpc) is 3.04. The topological polar surface area (TPSA) is 76.8 Å².